The number of carbonyl (C=O) groups excluding carboxylic acids is 2. The van der Waals surface area contributed by atoms with Gasteiger partial charge in [0.1, 0.15) is 11.6 Å². The first-order chi connectivity index (χ1) is 19.5. The molecule has 1 fully saturated rings. The molecule has 2 amide bonds. The first kappa shape index (κ1) is 26.4. The Hall–Kier alpha value is -3.86. The quantitative estimate of drug-likeness (QED) is 0.311. The number of hydrogen-bond donors (Lipinski definition) is 2. The summed E-state index contributed by atoms with van der Waals surface area (Å²) in [6, 6.07) is 13.8. The Balaban J connectivity index is 1.10. The highest BCUT2D eigenvalue weighted by Gasteiger charge is 2.29. The lowest BCUT2D eigenvalue weighted by Gasteiger charge is -2.23. The fraction of sp³-hybridized carbons (Fsp3) is 0.276. The van der Waals surface area contributed by atoms with Crippen LogP contribution >= 0.6 is 22.9 Å². The monoisotopic (exact) mass is 574 g/mol. The SMILES string of the molecule is O=C(CN1Cc2ccc(-c3nc(NC4CCOCC4)ncc3Cl)cc2C1=O)NCc1cccc(-c2nccs2)c1. The van der Waals surface area contributed by atoms with Gasteiger partial charge in [-0.2, -0.15) is 0 Å². The van der Waals surface area contributed by atoms with Gasteiger partial charge in [0.15, 0.2) is 0 Å². The number of carbonyl (C=O) groups is 2. The Kier molecular flexibility index (Phi) is 7.72. The number of halogens is 1. The van der Waals surface area contributed by atoms with Crippen LogP contribution in [0.25, 0.3) is 21.8 Å². The van der Waals surface area contributed by atoms with E-state index in [2.05, 4.69) is 25.6 Å². The number of fused-ring (bicyclic) bond motifs is 1. The Labute approximate surface area is 240 Å². The van der Waals surface area contributed by atoms with Gasteiger partial charge in [-0.15, -0.1) is 11.3 Å². The van der Waals surface area contributed by atoms with Gasteiger partial charge in [-0.25, -0.2) is 15.0 Å². The predicted molar refractivity (Wildman–Crippen MR) is 154 cm³/mol. The van der Waals surface area contributed by atoms with Crippen LogP contribution in [0.15, 0.2) is 60.2 Å². The van der Waals surface area contributed by atoms with Crippen LogP contribution in [0.5, 0.6) is 0 Å². The Morgan fingerprint density at radius 3 is 2.83 bits per heavy atom. The summed E-state index contributed by atoms with van der Waals surface area (Å²) in [7, 11) is 0. The van der Waals surface area contributed by atoms with E-state index in [-0.39, 0.29) is 24.4 Å². The summed E-state index contributed by atoms with van der Waals surface area (Å²) in [5.74, 6) is 0.0841. The number of hydrogen-bond acceptors (Lipinski definition) is 8. The first-order valence-corrected chi connectivity index (χ1v) is 14.3. The minimum atomic E-state index is -0.219. The molecule has 2 aromatic heterocycles. The summed E-state index contributed by atoms with van der Waals surface area (Å²) in [6.07, 6.45) is 5.12. The summed E-state index contributed by atoms with van der Waals surface area (Å²) in [5.41, 5.74) is 4.67. The summed E-state index contributed by atoms with van der Waals surface area (Å²) in [6.45, 7) is 2.13. The zero-order chi connectivity index (χ0) is 27.5. The molecule has 2 aliphatic heterocycles. The largest absolute Gasteiger partial charge is 0.381 e. The van der Waals surface area contributed by atoms with Crippen molar-refractivity contribution in [2.75, 3.05) is 25.1 Å². The topological polar surface area (TPSA) is 109 Å². The molecule has 0 aliphatic carbocycles. The van der Waals surface area contributed by atoms with Crippen molar-refractivity contribution in [3.05, 3.63) is 82.0 Å². The van der Waals surface area contributed by atoms with Crippen molar-refractivity contribution in [1.82, 2.24) is 25.2 Å². The van der Waals surface area contributed by atoms with E-state index in [0.29, 0.717) is 48.5 Å². The van der Waals surface area contributed by atoms with E-state index >= 15 is 0 Å². The minimum Gasteiger partial charge on any atom is -0.381 e. The highest BCUT2D eigenvalue weighted by Crippen LogP contribution is 2.32. The third-order valence-corrected chi connectivity index (χ3v) is 8.09. The molecule has 2 N–H and O–H groups in total. The van der Waals surface area contributed by atoms with Gasteiger partial charge >= 0.3 is 0 Å². The summed E-state index contributed by atoms with van der Waals surface area (Å²) >= 11 is 8.03. The molecule has 0 saturated carbocycles. The second-order valence-corrected chi connectivity index (χ2v) is 11.1. The van der Waals surface area contributed by atoms with E-state index < -0.39 is 0 Å². The molecule has 2 aliphatic rings. The van der Waals surface area contributed by atoms with E-state index in [4.69, 9.17) is 16.3 Å². The van der Waals surface area contributed by atoms with Gasteiger partial charge in [-0.05, 0) is 36.1 Å². The van der Waals surface area contributed by atoms with Crippen LogP contribution in [0.3, 0.4) is 0 Å². The van der Waals surface area contributed by atoms with E-state index in [1.165, 1.54) is 0 Å². The van der Waals surface area contributed by atoms with E-state index in [9.17, 15) is 9.59 Å². The van der Waals surface area contributed by atoms with Crippen LogP contribution < -0.4 is 10.6 Å². The fourth-order valence-electron chi connectivity index (χ4n) is 4.91. The first-order valence-electron chi connectivity index (χ1n) is 13.1. The Morgan fingerprint density at radius 2 is 2.00 bits per heavy atom. The Morgan fingerprint density at radius 1 is 1.12 bits per heavy atom. The number of amides is 2. The molecular formula is C29H27ClN6O3S. The average Bonchev–Trinajstić information content (AvgIpc) is 3.62. The van der Waals surface area contributed by atoms with E-state index in [1.807, 2.05) is 41.8 Å². The van der Waals surface area contributed by atoms with Gasteiger partial charge < -0.3 is 20.3 Å². The molecule has 0 radical (unpaired) electrons. The zero-order valence-electron chi connectivity index (χ0n) is 21.6. The molecule has 4 heterocycles. The zero-order valence-corrected chi connectivity index (χ0v) is 23.2. The lowest BCUT2D eigenvalue weighted by Crippen LogP contribution is -2.37. The number of benzene rings is 2. The van der Waals surface area contributed by atoms with E-state index in [0.717, 1.165) is 40.1 Å². The van der Waals surface area contributed by atoms with Gasteiger partial charge in [0.25, 0.3) is 5.91 Å². The normalized spacial score (nSPS) is 15.2. The number of nitrogens with zero attached hydrogens (tertiary/aromatic N) is 4. The smallest absolute Gasteiger partial charge is 0.254 e. The number of ether oxygens (including phenoxy) is 1. The lowest BCUT2D eigenvalue weighted by atomic mass is 10.0. The number of nitrogens with one attached hydrogen (secondary N) is 2. The molecule has 40 heavy (non-hydrogen) atoms. The molecule has 6 rings (SSSR count). The molecule has 204 valence electrons. The molecular weight excluding hydrogens is 548 g/mol. The highest BCUT2D eigenvalue weighted by atomic mass is 35.5. The van der Waals surface area contributed by atoms with Crippen molar-refractivity contribution in [2.24, 2.45) is 0 Å². The number of aromatic nitrogens is 3. The molecule has 1 saturated heterocycles. The fourth-order valence-corrected chi connectivity index (χ4v) is 5.75. The van der Waals surface area contributed by atoms with Gasteiger partial charge in [0.2, 0.25) is 11.9 Å². The standard InChI is InChI=1S/C29H27ClN6O3S/c30-24-15-33-29(34-22-6-9-39-10-7-22)35-26(24)19-4-5-21-16-36(28(38)23(21)13-19)17-25(37)32-14-18-2-1-3-20(12-18)27-31-8-11-40-27/h1-5,8,11-13,15,22H,6-7,9-10,14,16-17H2,(H,32,37)(H,33,34,35). The average molecular weight is 575 g/mol. The molecule has 0 spiro atoms. The molecule has 9 nitrogen and oxygen atoms in total. The van der Waals surface area contributed by atoms with Gasteiger partial charge in [0.05, 0.1) is 16.9 Å². The van der Waals surface area contributed by atoms with Crippen molar-refractivity contribution in [1.29, 1.82) is 0 Å². The molecule has 4 aromatic rings. The van der Waals surface area contributed by atoms with Crippen LogP contribution in [0, 0.1) is 0 Å². The highest BCUT2D eigenvalue weighted by molar-refractivity contribution is 7.13. The molecule has 2 aromatic carbocycles. The molecule has 0 bridgehead atoms. The van der Waals surface area contributed by atoms with Crippen LogP contribution in [0.4, 0.5) is 5.95 Å². The number of thiazole rings is 1. The van der Waals surface area contributed by atoms with Crippen molar-refractivity contribution in [2.45, 2.75) is 32.0 Å². The van der Waals surface area contributed by atoms with E-state index in [1.54, 1.807) is 34.7 Å². The van der Waals surface area contributed by atoms with Crippen molar-refractivity contribution >= 4 is 40.7 Å². The van der Waals surface area contributed by atoms with Crippen molar-refractivity contribution < 1.29 is 14.3 Å². The minimum absolute atomic E-state index is 0.0253. The molecule has 0 unspecified atom stereocenters. The lowest BCUT2D eigenvalue weighted by molar-refractivity contribution is -0.122. The number of rotatable bonds is 8. The Bertz CT molecular complexity index is 1540. The maximum absolute atomic E-state index is 13.2. The maximum atomic E-state index is 13.2. The van der Waals surface area contributed by atoms with Crippen molar-refractivity contribution in [3.8, 4) is 21.8 Å². The van der Waals surface area contributed by atoms with Gasteiger partial charge in [-0.1, -0.05) is 41.9 Å². The van der Waals surface area contributed by atoms with Crippen LogP contribution in [-0.4, -0.2) is 57.5 Å². The summed E-state index contributed by atoms with van der Waals surface area (Å²) in [5, 5.41) is 9.56. The second kappa shape index (κ2) is 11.7. The van der Waals surface area contributed by atoms with Crippen molar-refractivity contribution in [3.63, 3.8) is 0 Å². The molecule has 0 atom stereocenters. The maximum Gasteiger partial charge on any atom is 0.254 e. The molecule has 11 heteroatoms. The summed E-state index contributed by atoms with van der Waals surface area (Å²) < 4.78 is 5.42. The third kappa shape index (κ3) is 5.84. The second-order valence-electron chi connectivity index (χ2n) is 9.77. The van der Waals surface area contributed by atoms with Gasteiger partial charge in [0, 0.05) is 60.6 Å². The van der Waals surface area contributed by atoms with Crippen LogP contribution in [-0.2, 0) is 22.6 Å². The van der Waals surface area contributed by atoms with Crippen LogP contribution in [0.1, 0.15) is 34.3 Å². The van der Waals surface area contributed by atoms with Gasteiger partial charge in [-0.3, -0.25) is 9.59 Å². The third-order valence-electron chi connectivity index (χ3n) is 6.99. The number of anilines is 1. The predicted octanol–water partition coefficient (Wildman–Crippen LogP) is 4.78. The van der Waals surface area contributed by atoms with Crippen LogP contribution in [0.2, 0.25) is 5.02 Å². The summed E-state index contributed by atoms with van der Waals surface area (Å²) in [4.78, 5) is 40.9.